The number of carbonyl (C=O) groups excluding carboxylic acids is 1. The Kier molecular flexibility index (Phi) is 4.57. The molecule has 0 saturated carbocycles. The second-order valence-electron chi connectivity index (χ2n) is 4.96. The van der Waals surface area contributed by atoms with Crippen molar-refractivity contribution in [2.24, 2.45) is 0 Å². The van der Waals surface area contributed by atoms with E-state index in [9.17, 15) is 9.59 Å². The summed E-state index contributed by atoms with van der Waals surface area (Å²) in [6, 6.07) is 5.52. The number of fused-ring (bicyclic) bond motifs is 1. The van der Waals surface area contributed by atoms with E-state index in [0.717, 1.165) is 29.4 Å². The highest BCUT2D eigenvalue weighted by molar-refractivity contribution is 5.76. The SMILES string of the molecule is CC(CO)NC(=O)CCCc1ccc2[nH]c(=O)[nH]c2c1. The minimum absolute atomic E-state index is 0.0523. The lowest BCUT2D eigenvalue weighted by molar-refractivity contribution is -0.122. The molecule has 0 fully saturated rings. The first-order valence-electron chi connectivity index (χ1n) is 6.69. The molecule has 0 aliphatic heterocycles. The Hall–Kier alpha value is -2.08. The number of nitrogens with one attached hydrogen (secondary N) is 3. The van der Waals surface area contributed by atoms with Crippen LogP contribution in [-0.2, 0) is 11.2 Å². The largest absolute Gasteiger partial charge is 0.394 e. The van der Waals surface area contributed by atoms with Gasteiger partial charge in [-0.05, 0) is 37.5 Å². The number of amides is 1. The van der Waals surface area contributed by atoms with Crippen LogP contribution >= 0.6 is 0 Å². The van der Waals surface area contributed by atoms with Crippen LogP contribution in [0.4, 0.5) is 0 Å². The van der Waals surface area contributed by atoms with Crippen molar-refractivity contribution in [3.63, 3.8) is 0 Å². The molecule has 0 spiro atoms. The molecule has 0 aliphatic rings. The second-order valence-corrected chi connectivity index (χ2v) is 4.96. The van der Waals surface area contributed by atoms with E-state index in [0.29, 0.717) is 6.42 Å². The van der Waals surface area contributed by atoms with Gasteiger partial charge in [0.1, 0.15) is 0 Å². The molecule has 1 aromatic carbocycles. The standard InChI is InChI=1S/C14H19N3O3/c1-9(8-18)15-13(19)4-2-3-10-5-6-11-12(7-10)17-14(20)16-11/h5-7,9,18H,2-4,8H2,1H3,(H,15,19)(H2,16,17,20). The molecule has 0 aliphatic carbocycles. The molecule has 1 amide bonds. The first kappa shape index (κ1) is 14.3. The van der Waals surface area contributed by atoms with Crippen LogP contribution in [0.2, 0.25) is 0 Å². The van der Waals surface area contributed by atoms with Crippen molar-refractivity contribution in [3.05, 3.63) is 34.2 Å². The topological polar surface area (TPSA) is 98.0 Å². The van der Waals surface area contributed by atoms with Crippen molar-refractivity contribution < 1.29 is 9.90 Å². The maximum atomic E-state index is 11.5. The lowest BCUT2D eigenvalue weighted by Crippen LogP contribution is -2.34. The van der Waals surface area contributed by atoms with Crippen molar-refractivity contribution in [1.29, 1.82) is 0 Å². The molecule has 0 bridgehead atoms. The third-order valence-corrected chi connectivity index (χ3v) is 3.13. The van der Waals surface area contributed by atoms with Gasteiger partial charge in [0.15, 0.2) is 0 Å². The van der Waals surface area contributed by atoms with Crippen molar-refractivity contribution in [1.82, 2.24) is 15.3 Å². The zero-order chi connectivity index (χ0) is 14.5. The Bertz CT molecular complexity index is 644. The van der Waals surface area contributed by atoms with E-state index < -0.39 is 0 Å². The van der Waals surface area contributed by atoms with Crippen LogP contribution in [-0.4, -0.2) is 33.6 Å². The zero-order valence-electron chi connectivity index (χ0n) is 11.4. The van der Waals surface area contributed by atoms with E-state index in [2.05, 4.69) is 15.3 Å². The maximum Gasteiger partial charge on any atom is 0.323 e. The van der Waals surface area contributed by atoms with Crippen LogP contribution in [0.25, 0.3) is 11.0 Å². The van der Waals surface area contributed by atoms with Crippen LogP contribution in [0.3, 0.4) is 0 Å². The van der Waals surface area contributed by atoms with Gasteiger partial charge >= 0.3 is 5.69 Å². The zero-order valence-corrected chi connectivity index (χ0v) is 11.4. The summed E-state index contributed by atoms with van der Waals surface area (Å²) in [4.78, 5) is 28.1. The predicted octanol–water partition coefficient (Wildman–Crippen LogP) is 0.676. The molecule has 1 aromatic heterocycles. The summed E-state index contributed by atoms with van der Waals surface area (Å²) in [6.45, 7) is 1.71. The van der Waals surface area contributed by atoms with Crippen LogP contribution < -0.4 is 11.0 Å². The molecule has 2 rings (SSSR count). The maximum absolute atomic E-state index is 11.5. The smallest absolute Gasteiger partial charge is 0.323 e. The molecule has 2 aromatic rings. The van der Waals surface area contributed by atoms with Crippen molar-refractivity contribution in [2.45, 2.75) is 32.2 Å². The van der Waals surface area contributed by atoms with E-state index in [1.54, 1.807) is 6.92 Å². The monoisotopic (exact) mass is 277 g/mol. The number of benzene rings is 1. The molecule has 108 valence electrons. The van der Waals surface area contributed by atoms with Gasteiger partial charge in [0.2, 0.25) is 5.91 Å². The number of carbonyl (C=O) groups is 1. The fraction of sp³-hybridized carbons (Fsp3) is 0.429. The fourth-order valence-electron chi connectivity index (χ4n) is 2.08. The summed E-state index contributed by atoms with van der Waals surface area (Å²) in [5.41, 5.74) is 2.43. The minimum Gasteiger partial charge on any atom is -0.394 e. The Morgan fingerprint density at radius 2 is 2.10 bits per heavy atom. The van der Waals surface area contributed by atoms with Gasteiger partial charge in [-0.3, -0.25) is 4.79 Å². The lowest BCUT2D eigenvalue weighted by Gasteiger charge is -2.10. The first-order chi connectivity index (χ1) is 9.58. The van der Waals surface area contributed by atoms with Gasteiger partial charge < -0.3 is 20.4 Å². The van der Waals surface area contributed by atoms with Gasteiger partial charge in [-0.25, -0.2) is 4.79 Å². The van der Waals surface area contributed by atoms with Crippen LogP contribution in [0.5, 0.6) is 0 Å². The Labute approximate surface area is 116 Å². The third kappa shape index (κ3) is 3.71. The number of hydrogen-bond donors (Lipinski definition) is 4. The molecule has 4 N–H and O–H groups in total. The average molecular weight is 277 g/mol. The first-order valence-corrected chi connectivity index (χ1v) is 6.69. The Balaban J connectivity index is 1.86. The number of hydrogen-bond acceptors (Lipinski definition) is 3. The lowest BCUT2D eigenvalue weighted by atomic mass is 10.1. The molecule has 6 nitrogen and oxygen atoms in total. The van der Waals surface area contributed by atoms with Gasteiger partial charge in [-0.15, -0.1) is 0 Å². The second kappa shape index (κ2) is 6.38. The number of aliphatic hydroxyl groups excluding tert-OH is 1. The number of aromatic amines is 2. The summed E-state index contributed by atoms with van der Waals surface area (Å²) in [6.07, 6.45) is 1.92. The number of imidazole rings is 1. The molecule has 1 atom stereocenters. The fourth-order valence-corrected chi connectivity index (χ4v) is 2.08. The van der Waals surface area contributed by atoms with Crippen LogP contribution in [0.1, 0.15) is 25.3 Å². The number of H-pyrrole nitrogens is 2. The van der Waals surface area contributed by atoms with Crippen LogP contribution in [0.15, 0.2) is 23.0 Å². The summed E-state index contributed by atoms with van der Waals surface area (Å²) < 4.78 is 0. The van der Waals surface area contributed by atoms with E-state index >= 15 is 0 Å². The van der Waals surface area contributed by atoms with Crippen molar-refractivity contribution in [3.8, 4) is 0 Å². The highest BCUT2D eigenvalue weighted by atomic mass is 16.3. The molecular weight excluding hydrogens is 258 g/mol. The Morgan fingerprint density at radius 3 is 2.85 bits per heavy atom. The van der Waals surface area contributed by atoms with Gasteiger partial charge in [0, 0.05) is 12.5 Å². The van der Waals surface area contributed by atoms with Crippen molar-refractivity contribution >= 4 is 16.9 Å². The Morgan fingerprint density at radius 1 is 1.35 bits per heavy atom. The van der Waals surface area contributed by atoms with Gasteiger partial charge in [-0.2, -0.15) is 0 Å². The van der Waals surface area contributed by atoms with E-state index in [4.69, 9.17) is 5.11 Å². The normalized spacial score (nSPS) is 12.5. The van der Waals surface area contributed by atoms with Gasteiger partial charge in [0.25, 0.3) is 0 Å². The van der Waals surface area contributed by atoms with Gasteiger partial charge in [0.05, 0.1) is 17.6 Å². The molecule has 0 radical (unpaired) electrons. The summed E-state index contributed by atoms with van der Waals surface area (Å²) in [5.74, 6) is -0.0531. The van der Waals surface area contributed by atoms with Gasteiger partial charge in [-0.1, -0.05) is 6.07 Å². The van der Waals surface area contributed by atoms with E-state index in [1.165, 1.54) is 0 Å². The molecule has 20 heavy (non-hydrogen) atoms. The molecule has 1 unspecified atom stereocenters. The summed E-state index contributed by atoms with van der Waals surface area (Å²) in [7, 11) is 0. The number of aliphatic hydroxyl groups is 1. The van der Waals surface area contributed by atoms with Crippen LogP contribution in [0, 0.1) is 0 Å². The van der Waals surface area contributed by atoms with E-state index in [-0.39, 0.29) is 24.2 Å². The highest BCUT2D eigenvalue weighted by Gasteiger charge is 2.06. The predicted molar refractivity (Wildman–Crippen MR) is 76.5 cm³/mol. The quantitative estimate of drug-likeness (QED) is 0.625. The van der Waals surface area contributed by atoms with E-state index in [1.807, 2.05) is 18.2 Å². The number of aromatic nitrogens is 2. The van der Waals surface area contributed by atoms with Crippen molar-refractivity contribution in [2.75, 3.05) is 6.61 Å². The summed E-state index contributed by atoms with van der Waals surface area (Å²) in [5, 5.41) is 11.6. The average Bonchev–Trinajstić information content (AvgIpc) is 2.77. The summed E-state index contributed by atoms with van der Waals surface area (Å²) >= 11 is 0. The molecule has 6 heteroatoms. The highest BCUT2D eigenvalue weighted by Crippen LogP contribution is 2.12. The minimum atomic E-state index is -0.213. The molecular formula is C14H19N3O3. The number of rotatable bonds is 6. The molecule has 0 saturated heterocycles. The molecule has 1 heterocycles. The third-order valence-electron chi connectivity index (χ3n) is 3.13. The number of aryl methyl sites for hydroxylation is 1.